The largest absolute Gasteiger partial charge is 0.507 e. The molecule has 0 unspecified atom stereocenters. The van der Waals surface area contributed by atoms with Gasteiger partial charge in [0.05, 0.1) is 0 Å². The number of sulfonamides is 1. The lowest BCUT2D eigenvalue weighted by Gasteiger charge is -2.08. The van der Waals surface area contributed by atoms with E-state index in [1.165, 1.54) is 30.3 Å². The number of aromatic hydroxyl groups is 1. The second-order valence-corrected chi connectivity index (χ2v) is 5.98. The Labute approximate surface area is 116 Å². The van der Waals surface area contributed by atoms with Crippen molar-refractivity contribution in [3.8, 4) is 5.75 Å². The van der Waals surface area contributed by atoms with Crippen molar-refractivity contribution < 1.29 is 17.9 Å². The summed E-state index contributed by atoms with van der Waals surface area (Å²) in [6.07, 6.45) is 0.366. The third-order valence-corrected chi connectivity index (χ3v) is 4.26. The zero-order valence-corrected chi connectivity index (χ0v) is 11.4. The summed E-state index contributed by atoms with van der Waals surface area (Å²) in [5, 5.41) is 9.53. The van der Waals surface area contributed by atoms with Gasteiger partial charge in [0, 0.05) is 6.54 Å². The normalized spacial score (nSPS) is 11.4. The van der Waals surface area contributed by atoms with Crippen molar-refractivity contribution in [1.29, 1.82) is 0 Å². The van der Waals surface area contributed by atoms with Crippen LogP contribution < -0.4 is 4.72 Å². The van der Waals surface area contributed by atoms with Gasteiger partial charge in [-0.2, -0.15) is 0 Å². The lowest BCUT2D eigenvalue weighted by atomic mass is 10.1. The highest BCUT2D eigenvalue weighted by Gasteiger charge is 2.17. The topological polar surface area (TPSA) is 66.4 Å². The van der Waals surface area contributed by atoms with Crippen LogP contribution >= 0.6 is 0 Å². The first-order valence-electron chi connectivity index (χ1n) is 6.01. The Morgan fingerprint density at radius 2 is 1.85 bits per heavy atom. The molecule has 0 radical (unpaired) electrons. The monoisotopic (exact) mass is 295 g/mol. The lowest BCUT2D eigenvalue weighted by Crippen LogP contribution is -2.26. The number of phenolic OH excluding ortho intramolecular Hbond substituents is 1. The van der Waals surface area contributed by atoms with Crippen LogP contribution in [0.1, 0.15) is 5.56 Å². The van der Waals surface area contributed by atoms with Gasteiger partial charge in [-0.05, 0) is 36.2 Å². The van der Waals surface area contributed by atoms with Crippen LogP contribution in [0.4, 0.5) is 4.39 Å². The number of halogens is 1. The highest BCUT2D eigenvalue weighted by atomic mass is 32.2. The van der Waals surface area contributed by atoms with Crippen LogP contribution in [0.5, 0.6) is 5.75 Å². The molecule has 2 aromatic rings. The average molecular weight is 295 g/mol. The highest BCUT2D eigenvalue weighted by Crippen LogP contribution is 2.20. The molecule has 106 valence electrons. The summed E-state index contributed by atoms with van der Waals surface area (Å²) in [6, 6.07) is 11.7. The summed E-state index contributed by atoms with van der Waals surface area (Å²) >= 11 is 0. The first-order valence-corrected chi connectivity index (χ1v) is 7.49. The van der Waals surface area contributed by atoms with E-state index in [0.717, 1.165) is 0 Å². The summed E-state index contributed by atoms with van der Waals surface area (Å²) < 4.78 is 39.3. The van der Waals surface area contributed by atoms with Crippen molar-refractivity contribution in [3.63, 3.8) is 0 Å². The standard InChI is InChI=1S/C14H14FNO3S/c15-12-5-3-4-11(10-12)8-9-16-20(18,19)14-7-2-1-6-13(14)17/h1-7,10,16-17H,8-9H2. The molecule has 2 rings (SSSR count). The molecule has 0 fully saturated rings. The molecule has 0 spiro atoms. The number of benzene rings is 2. The second-order valence-electron chi connectivity index (χ2n) is 4.25. The zero-order chi connectivity index (χ0) is 14.6. The minimum atomic E-state index is -3.76. The predicted molar refractivity (Wildman–Crippen MR) is 73.4 cm³/mol. The van der Waals surface area contributed by atoms with Gasteiger partial charge in [-0.1, -0.05) is 24.3 Å². The van der Waals surface area contributed by atoms with Gasteiger partial charge in [0.1, 0.15) is 16.5 Å². The molecule has 0 aliphatic rings. The average Bonchev–Trinajstić information content (AvgIpc) is 2.39. The van der Waals surface area contributed by atoms with Crippen LogP contribution in [0, 0.1) is 5.82 Å². The van der Waals surface area contributed by atoms with Gasteiger partial charge >= 0.3 is 0 Å². The van der Waals surface area contributed by atoms with Crippen LogP contribution in [0.3, 0.4) is 0 Å². The second kappa shape index (κ2) is 6.02. The molecule has 2 aromatic carbocycles. The number of phenols is 1. The first kappa shape index (κ1) is 14.5. The van der Waals surface area contributed by atoms with Crippen LogP contribution in [0.2, 0.25) is 0 Å². The third kappa shape index (κ3) is 3.55. The van der Waals surface area contributed by atoms with Gasteiger partial charge in [-0.15, -0.1) is 0 Å². The molecule has 0 aromatic heterocycles. The Morgan fingerprint density at radius 3 is 2.55 bits per heavy atom. The fourth-order valence-corrected chi connectivity index (χ4v) is 2.91. The Morgan fingerprint density at radius 1 is 1.10 bits per heavy atom. The lowest BCUT2D eigenvalue weighted by molar-refractivity contribution is 0.458. The first-order chi connectivity index (χ1) is 9.49. The van der Waals surface area contributed by atoms with Crippen LogP contribution in [0.25, 0.3) is 0 Å². The van der Waals surface area contributed by atoms with E-state index in [4.69, 9.17) is 0 Å². The summed E-state index contributed by atoms with van der Waals surface area (Å²) in [5.74, 6) is -0.656. The van der Waals surface area contributed by atoms with E-state index in [1.54, 1.807) is 18.2 Å². The molecule has 2 N–H and O–H groups in total. The van der Waals surface area contributed by atoms with Crippen LogP contribution in [0.15, 0.2) is 53.4 Å². The Hall–Kier alpha value is -1.92. The summed E-state index contributed by atoms with van der Waals surface area (Å²) in [7, 11) is -3.76. The van der Waals surface area contributed by atoms with Crippen LogP contribution in [-0.4, -0.2) is 20.1 Å². The number of nitrogens with one attached hydrogen (secondary N) is 1. The van der Waals surface area contributed by atoms with Gasteiger partial charge in [0.25, 0.3) is 0 Å². The Balaban J connectivity index is 2.02. The van der Waals surface area contributed by atoms with Crippen molar-refractivity contribution in [1.82, 2.24) is 4.72 Å². The van der Waals surface area contributed by atoms with E-state index in [1.807, 2.05) is 0 Å². The van der Waals surface area contributed by atoms with E-state index in [-0.39, 0.29) is 23.0 Å². The summed E-state index contributed by atoms with van der Waals surface area (Å²) in [5.41, 5.74) is 0.699. The van der Waals surface area contributed by atoms with Crippen molar-refractivity contribution in [2.75, 3.05) is 6.54 Å². The summed E-state index contributed by atoms with van der Waals surface area (Å²) in [6.45, 7) is 0.125. The number of hydrogen-bond acceptors (Lipinski definition) is 3. The van der Waals surface area contributed by atoms with Gasteiger partial charge in [-0.3, -0.25) is 0 Å². The highest BCUT2D eigenvalue weighted by molar-refractivity contribution is 7.89. The Bertz CT molecular complexity index is 701. The fraction of sp³-hybridized carbons (Fsp3) is 0.143. The smallest absolute Gasteiger partial charge is 0.244 e. The molecule has 0 atom stereocenters. The van der Waals surface area contributed by atoms with Crippen molar-refractivity contribution in [2.24, 2.45) is 0 Å². The predicted octanol–water partition coefficient (Wildman–Crippen LogP) is 2.05. The van der Waals surface area contributed by atoms with Gasteiger partial charge < -0.3 is 5.11 Å². The van der Waals surface area contributed by atoms with E-state index in [2.05, 4.69) is 4.72 Å². The zero-order valence-electron chi connectivity index (χ0n) is 10.6. The molecule has 0 aliphatic heterocycles. The van der Waals surface area contributed by atoms with E-state index >= 15 is 0 Å². The molecule has 0 amide bonds. The summed E-state index contributed by atoms with van der Waals surface area (Å²) in [4.78, 5) is -0.167. The van der Waals surface area contributed by atoms with E-state index in [9.17, 15) is 17.9 Å². The van der Waals surface area contributed by atoms with Gasteiger partial charge in [0.2, 0.25) is 10.0 Å². The molecule has 0 aliphatic carbocycles. The molecule has 0 bridgehead atoms. The third-order valence-electron chi connectivity index (χ3n) is 2.75. The minimum Gasteiger partial charge on any atom is -0.507 e. The quantitative estimate of drug-likeness (QED) is 0.887. The molecule has 4 nitrogen and oxygen atoms in total. The van der Waals surface area contributed by atoms with Crippen molar-refractivity contribution >= 4 is 10.0 Å². The van der Waals surface area contributed by atoms with Gasteiger partial charge in [-0.25, -0.2) is 17.5 Å². The maximum atomic E-state index is 13.0. The molecule has 0 saturated carbocycles. The van der Waals surface area contributed by atoms with Crippen molar-refractivity contribution in [2.45, 2.75) is 11.3 Å². The Kier molecular flexibility index (Phi) is 4.36. The number of rotatable bonds is 5. The van der Waals surface area contributed by atoms with E-state index < -0.39 is 10.0 Å². The maximum absolute atomic E-state index is 13.0. The maximum Gasteiger partial charge on any atom is 0.244 e. The van der Waals surface area contributed by atoms with Crippen molar-refractivity contribution in [3.05, 3.63) is 59.9 Å². The molecular formula is C14H14FNO3S. The molecule has 0 saturated heterocycles. The van der Waals surface area contributed by atoms with Gasteiger partial charge in [0.15, 0.2) is 0 Å². The molecule has 0 heterocycles. The fourth-order valence-electron chi connectivity index (χ4n) is 1.78. The van der Waals surface area contributed by atoms with Crippen LogP contribution in [-0.2, 0) is 16.4 Å². The molecular weight excluding hydrogens is 281 g/mol. The SMILES string of the molecule is O=S(=O)(NCCc1cccc(F)c1)c1ccccc1O. The number of para-hydroxylation sites is 1. The molecule has 6 heteroatoms. The molecule has 20 heavy (non-hydrogen) atoms. The number of hydrogen-bond donors (Lipinski definition) is 2. The van der Waals surface area contributed by atoms with E-state index in [0.29, 0.717) is 12.0 Å². The minimum absolute atomic E-state index is 0.125.